The van der Waals surface area contributed by atoms with Crippen molar-refractivity contribution < 1.29 is 18.7 Å². The largest absolute Gasteiger partial charge is 0.489 e. The Morgan fingerprint density at radius 2 is 1.76 bits per heavy atom. The molecular formula is C30H25FN2O4S. The van der Waals surface area contributed by atoms with E-state index in [0.29, 0.717) is 33.0 Å². The Kier molecular flexibility index (Phi) is 7.33. The molecule has 0 spiro atoms. The van der Waals surface area contributed by atoms with Crippen molar-refractivity contribution >= 4 is 23.4 Å². The number of aromatic nitrogens is 1. The quantitative estimate of drug-likeness (QED) is 0.331. The predicted molar refractivity (Wildman–Crippen MR) is 144 cm³/mol. The summed E-state index contributed by atoms with van der Waals surface area (Å²) in [5.41, 5.74) is 3.16. The predicted octanol–water partition coefficient (Wildman–Crippen LogP) is 4.52. The highest BCUT2D eigenvalue weighted by molar-refractivity contribution is 7.07. The van der Waals surface area contributed by atoms with E-state index < -0.39 is 12.0 Å². The molecule has 5 rings (SSSR count). The van der Waals surface area contributed by atoms with Crippen molar-refractivity contribution in [2.75, 3.05) is 6.61 Å². The van der Waals surface area contributed by atoms with E-state index in [0.717, 1.165) is 16.7 Å². The van der Waals surface area contributed by atoms with Gasteiger partial charge in [0.2, 0.25) is 0 Å². The Hall–Kier alpha value is -4.30. The molecule has 1 atom stereocenters. The minimum Gasteiger partial charge on any atom is -0.489 e. The van der Waals surface area contributed by atoms with Crippen LogP contribution in [0.3, 0.4) is 0 Å². The average molecular weight is 529 g/mol. The number of hydrogen-bond acceptors (Lipinski definition) is 6. The highest BCUT2D eigenvalue weighted by atomic mass is 32.1. The molecule has 38 heavy (non-hydrogen) atoms. The van der Waals surface area contributed by atoms with E-state index in [4.69, 9.17) is 9.47 Å². The maximum atomic E-state index is 13.6. The lowest BCUT2D eigenvalue weighted by Crippen LogP contribution is -2.39. The van der Waals surface area contributed by atoms with Gasteiger partial charge in [-0.2, -0.15) is 0 Å². The van der Waals surface area contributed by atoms with Gasteiger partial charge in [0.05, 0.1) is 28.5 Å². The number of esters is 1. The van der Waals surface area contributed by atoms with E-state index >= 15 is 0 Å². The zero-order valence-corrected chi connectivity index (χ0v) is 21.7. The molecule has 1 aliphatic rings. The van der Waals surface area contributed by atoms with Gasteiger partial charge in [-0.15, -0.1) is 0 Å². The first kappa shape index (κ1) is 25.4. The minimum absolute atomic E-state index is 0.227. The van der Waals surface area contributed by atoms with Crippen LogP contribution in [0.2, 0.25) is 0 Å². The highest BCUT2D eigenvalue weighted by Gasteiger charge is 2.33. The minimum atomic E-state index is -0.629. The molecule has 6 nitrogen and oxygen atoms in total. The van der Waals surface area contributed by atoms with Crippen LogP contribution in [0.5, 0.6) is 5.75 Å². The third-order valence-corrected chi connectivity index (χ3v) is 7.11. The molecule has 4 aromatic rings. The summed E-state index contributed by atoms with van der Waals surface area (Å²) >= 11 is 1.28. The van der Waals surface area contributed by atoms with Crippen LogP contribution >= 0.6 is 11.3 Å². The van der Waals surface area contributed by atoms with Crippen molar-refractivity contribution in [1.82, 2.24) is 4.57 Å². The number of carbonyl (C=O) groups excluding carboxylic acids is 1. The molecule has 192 valence electrons. The van der Waals surface area contributed by atoms with Crippen LogP contribution in [0.15, 0.2) is 99.9 Å². The van der Waals surface area contributed by atoms with E-state index in [1.54, 1.807) is 36.6 Å². The van der Waals surface area contributed by atoms with Crippen LogP contribution in [0.4, 0.5) is 4.39 Å². The van der Waals surface area contributed by atoms with Crippen LogP contribution in [-0.4, -0.2) is 17.1 Å². The van der Waals surface area contributed by atoms with E-state index in [2.05, 4.69) is 4.99 Å². The van der Waals surface area contributed by atoms with Crippen LogP contribution in [0.25, 0.3) is 6.08 Å². The highest BCUT2D eigenvalue weighted by Crippen LogP contribution is 2.30. The Labute approximate surface area is 222 Å². The second-order valence-corrected chi connectivity index (χ2v) is 9.71. The lowest BCUT2D eigenvalue weighted by molar-refractivity contribution is -0.139. The molecule has 3 aromatic carbocycles. The Bertz CT molecular complexity index is 1670. The molecule has 0 fully saturated rings. The van der Waals surface area contributed by atoms with Crippen molar-refractivity contribution in [3.05, 3.63) is 132 Å². The summed E-state index contributed by atoms with van der Waals surface area (Å²) < 4.78 is 26.3. The molecule has 2 heterocycles. The Morgan fingerprint density at radius 1 is 1.05 bits per heavy atom. The van der Waals surface area contributed by atoms with Crippen LogP contribution in [0, 0.1) is 5.82 Å². The van der Waals surface area contributed by atoms with Gasteiger partial charge in [0.25, 0.3) is 5.56 Å². The van der Waals surface area contributed by atoms with Crippen LogP contribution in [-0.2, 0) is 16.1 Å². The topological polar surface area (TPSA) is 69.9 Å². The number of benzene rings is 3. The molecule has 0 unspecified atom stereocenters. The number of carbonyl (C=O) groups is 1. The van der Waals surface area contributed by atoms with Crippen molar-refractivity contribution in [2.24, 2.45) is 4.99 Å². The fraction of sp³-hybridized carbons (Fsp3) is 0.167. The second-order valence-electron chi connectivity index (χ2n) is 8.70. The smallest absolute Gasteiger partial charge is 0.338 e. The van der Waals surface area contributed by atoms with Gasteiger partial charge in [-0.25, -0.2) is 14.2 Å². The summed E-state index contributed by atoms with van der Waals surface area (Å²) in [5.74, 6) is -0.106. The van der Waals surface area contributed by atoms with Crippen molar-refractivity contribution in [3.8, 4) is 5.75 Å². The number of halogens is 1. The second kappa shape index (κ2) is 11.0. The van der Waals surface area contributed by atoms with Gasteiger partial charge in [-0.1, -0.05) is 65.9 Å². The normalized spacial score (nSPS) is 15.1. The number of thiazole rings is 1. The summed E-state index contributed by atoms with van der Waals surface area (Å²) in [6.07, 6.45) is 1.80. The molecule has 0 N–H and O–H groups in total. The summed E-state index contributed by atoms with van der Waals surface area (Å²) in [6, 6.07) is 22.3. The summed E-state index contributed by atoms with van der Waals surface area (Å²) in [4.78, 5) is 31.7. The molecular weight excluding hydrogens is 503 g/mol. The van der Waals surface area contributed by atoms with E-state index in [1.165, 1.54) is 23.5 Å². The monoisotopic (exact) mass is 528 g/mol. The number of ether oxygens (including phenoxy) is 2. The molecule has 0 saturated heterocycles. The summed E-state index contributed by atoms with van der Waals surface area (Å²) in [7, 11) is 0. The van der Waals surface area contributed by atoms with Gasteiger partial charge >= 0.3 is 5.97 Å². The summed E-state index contributed by atoms with van der Waals surface area (Å²) in [6.45, 7) is 4.06. The first-order chi connectivity index (χ1) is 18.4. The number of nitrogens with zero attached hydrogens (tertiary/aromatic N) is 2. The van der Waals surface area contributed by atoms with Crippen molar-refractivity contribution in [1.29, 1.82) is 0 Å². The molecule has 0 saturated carbocycles. The van der Waals surface area contributed by atoms with Gasteiger partial charge in [0.15, 0.2) is 4.80 Å². The standard InChI is InChI=1S/C30H25FN2O4S/c1-3-36-29(35)26-19(2)32-30-33(27(26)22-7-5-4-6-8-22)28(34)25(38-30)17-20-11-15-24(16-12-20)37-18-21-9-13-23(31)14-10-21/h4-17,27H,3,18H2,1-2H3/b25-17-/t27-/m1/s1. The van der Waals surface area contributed by atoms with Gasteiger partial charge < -0.3 is 9.47 Å². The maximum Gasteiger partial charge on any atom is 0.338 e. The molecule has 0 amide bonds. The van der Waals surface area contributed by atoms with Gasteiger partial charge in [-0.3, -0.25) is 9.36 Å². The number of rotatable bonds is 7. The number of allylic oxidation sites excluding steroid dienone is 1. The van der Waals surface area contributed by atoms with Crippen LogP contribution in [0.1, 0.15) is 36.6 Å². The average Bonchev–Trinajstić information content (AvgIpc) is 3.23. The fourth-order valence-electron chi connectivity index (χ4n) is 4.30. The molecule has 0 aliphatic carbocycles. The SMILES string of the molecule is CCOC(=O)C1=C(C)N=c2s/c(=C\c3ccc(OCc4ccc(F)cc4)cc3)c(=O)n2[C@@H]1c1ccccc1. The Balaban J connectivity index is 1.47. The lowest BCUT2D eigenvalue weighted by Gasteiger charge is -2.24. The fourth-order valence-corrected chi connectivity index (χ4v) is 5.35. The molecule has 0 bridgehead atoms. The van der Waals surface area contributed by atoms with Crippen molar-refractivity contribution in [2.45, 2.75) is 26.5 Å². The molecule has 0 radical (unpaired) electrons. The first-order valence-electron chi connectivity index (χ1n) is 12.2. The molecule has 1 aromatic heterocycles. The zero-order valence-electron chi connectivity index (χ0n) is 20.9. The van der Waals surface area contributed by atoms with E-state index in [1.807, 2.05) is 54.6 Å². The van der Waals surface area contributed by atoms with Crippen molar-refractivity contribution in [3.63, 3.8) is 0 Å². The molecule has 8 heteroatoms. The zero-order chi connectivity index (χ0) is 26.6. The molecule has 1 aliphatic heterocycles. The number of hydrogen-bond donors (Lipinski definition) is 0. The summed E-state index contributed by atoms with van der Waals surface area (Å²) in [5, 5.41) is 0. The van der Waals surface area contributed by atoms with E-state index in [-0.39, 0.29) is 18.0 Å². The van der Waals surface area contributed by atoms with E-state index in [9.17, 15) is 14.0 Å². The van der Waals surface area contributed by atoms with Gasteiger partial charge in [-0.05, 0) is 60.9 Å². The lowest BCUT2D eigenvalue weighted by atomic mass is 9.96. The number of fused-ring (bicyclic) bond motifs is 1. The third kappa shape index (κ3) is 5.21. The maximum absolute atomic E-state index is 13.6. The van der Waals surface area contributed by atoms with Gasteiger partial charge in [0, 0.05) is 0 Å². The van der Waals surface area contributed by atoms with Crippen LogP contribution < -0.4 is 19.6 Å². The Morgan fingerprint density at radius 3 is 2.45 bits per heavy atom. The third-order valence-electron chi connectivity index (χ3n) is 6.13. The van der Waals surface area contributed by atoms with Gasteiger partial charge in [0.1, 0.15) is 18.2 Å². The first-order valence-corrected chi connectivity index (χ1v) is 13.0.